The average molecular weight is 275 g/mol. The van der Waals surface area contributed by atoms with Crippen LogP contribution < -0.4 is 11.1 Å². The first-order valence-electron chi connectivity index (χ1n) is 5.57. The topological polar surface area (TPSA) is 113 Å². The van der Waals surface area contributed by atoms with Gasteiger partial charge in [0, 0.05) is 24.1 Å². The summed E-state index contributed by atoms with van der Waals surface area (Å²) in [4.78, 5) is 35.1. The van der Waals surface area contributed by atoms with E-state index in [1.54, 1.807) is 16.7 Å². The fourth-order valence-corrected chi connectivity index (χ4v) is 2.68. The molecule has 102 valence electrons. The zero-order valence-electron chi connectivity index (χ0n) is 10.1. The van der Waals surface area contributed by atoms with Gasteiger partial charge in [-0.3, -0.25) is 4.79 Å². The maximum absolute atomic E-state index is 11.9. The molecule has 1 aliphatic heterocycles. The molecule has 0 saturated carbocycles. The number of rotatable bonds is 4. The summed E-state index contributed by atoms with van der Waals surface area (Å²) in [6.07, 6.45) is -0.405. The molecule has 1 fully saturated rings. The summed E-state index contributed by atoms with van der Waals surface area (Å²) >= 11 is 1.75. The number of thioether (sulfide) groups is 1. The summed E-state index contributed by atoms with van der Waals surface area (Å²) in [6, 6.07) is -1.68. The van der Waals surface area contributed by atoms with Gasteiger partial charge < -0.3 is 21.1 Å². The van der Waals surface area contributed by atoms with Crippen molar-refractivity contribution in [2.75, 3.05) is 18.1 Å². The number of carboxylic acid groups (broad SMARTS) is 1. The molecule has 0 spiro atoms. The number of urea groups is 1. The smallest absolute Gasteiger partial charge is 0.326 e. The zero-order chi connectivity index (χ0) is 13.7. The lowest BCUT2D eigenvalue weighted by molar-refractivity contribution is -0.141. The summed E-state index contributed by atoms with van der Waals surface area (Å²) in [7, 11) is 0. The van der Waals surface area contributed by atoms with E-state index in [9.17, 15) is 14.4 Å². The van der Waals surface area contributed by atoms with Crippen LogP contribution in [0.5, 0.6) is 0 Å². The van der Waals surface area contributed by atoms with E-state index in [4.69, 9.17) is 10.8 Å². The van der Waals surface area contributed by atoms with E-state index in [1.165, 1.54) is 0 Å². The standard InChI is InChI=1S/C10H17N3O4S/c1-6-5-18-3-2-13(6)10(17)12-7(9(15)16)4-8(11)14/h6-7H,2-5H2,1H3,(H2,11,14)(H,12,17)(H,15,16). The molecule has 2 unspecified atom stereocenters. The van der Waals surface area contributed by atoms with Gasteiger partial charge in [0.25, 0.3) is 0 Å². The van der Waals surface area contributed by atoms with Gasteiger partial charge in [0.2, 0.25) is 5.91 Å². The second kappa shape index (κ2) is 6.48. The first-order valence-corrected chi connectivity index (χ1v) is 6.73. The lowest BCUT2D eigenvalue weighted by Crippen LogP contribution is -2.54. The highest BCUT2D eigenvalue weighted by Gasteiger charge is 2.28. The Morgan fingerprint density at radius 3 is 2.72 bits per heavy atom. The fourth-order valence-electron chi connectivity index (χ4n) is 1.66. The number of aliphatic carboxylic acids is 1. The van der Waals surface area contributed by atoms with Crippen LogP contribution in [0.1, 0.15) is 13.3 Å². The van der Waals surface area contributed by atoms with Crippen LogP contribution in [0.2, 0.25) is 0 Å². The van der Waals surface area contributed by atoms with Crippen molar-refractivity contribution in [3.63, 3.8) is 0 Å². The van der Waals surface area contributed by atoms with Gasteiger partial charge in [-0.25, -0.2) is 9.59 Å². The largest absolute Gasteiger partial charge is 0.480 e. The molecular weight excluding hydrogens is 258 g/mol. The van der Waals surface area contributed by atoms with Crippen LogP contribution in [0.25, 0.3) is 0 Å². The lowest BCUT2D eigenvalue weighted by atomic mass is 10.2. The van der Waals surface area contributed by atoms with E-state index in [0.717, 1.165) is 11.5 Å². The maximum Gasteiger partial charge on any atom is 0.326 e. The Morgan fingerprint density at radius 1 is 1.56 bits per heavy atom. The number of nitrogens with one attached hydrogen (secondary N) is 1. The molecular formula is C10H17N3O4S. The van der Waals surface area contributed by atoms with E-state index in [2.05, 4.69) is 5.32 Å². The van der Waals surface area contributed by atoms with Crippen LogP contribution >= 0.6 is 11.8 Å². The minimum atomic E-state index is -1.27. The molecule has 1 rings (SSSR count). The maximum atomic E-state index is 11.9. The van der Waals surface area contributed by atoms with Crippen LogP contribution in [0.3, 0.4) is 0 Å². The molecule has 4 N–H and O–H groups in total. The molecule has 3 amide bonds. The third-order valence-electron chi connectivity index (χ3n) is 2.63. The van der Waals surface area contributed by atoms with Gasteiger partial charge in [0.15, 0.2) is 0 Å². The molecule has 8 heteroatoms. The minimum Gasteiger partial charge on any atom is -0.480 e. The predicted molar refractivity (Wildman–Crippen MR) is 67.3 cm³/mol. The number of carboxylic acids is 1. The summed E-state index contributed by atoms with van der Waals surface area (Å²) in [6.45, 7) is 2.47. The van der Waals surface area contributed by atoms with Crippen LogP contribution in [0.4, 0.5) is 4.79 Å². The van der Waals surface area contributed by atoms with E-state index in [-0.39, 0.29) is 6.04 Å². The number of nitrogens with zero attached hydrogens (tertiary/aromatic N) is 1. The van der Waals surface area contributed by atoms with Crippen LogP contribution in [-0.2, 0) is 9.59 Å². The Kier molecular flexibility index (Phi) is 5.26. The van der Waals surface area contributed by atoms with Gasteiger partial charge in [-0.15, -0.1) is 0 Å². The highest BCUT2D eigenvalue weighted by molar-refractivity contribution is 7.99. The molecule has 0 aromatic rings. The Bertz CT molecular complexity index is 350. The van der Waals surface area contributed by atoms with Gasteiger partial charge in [0.1, 0.15) is 6.04 Å². The molecule has 0 aromatic heterocycles. The summed E-state index contributed by atoms with van der Waals surface area (Å²) < 4.78 is 0. The Labute approximate surface area is 109 Å². The van der Waals surface area contributed by atoms with Gasteiger partial charge in [-0.1, -0.05) is 0 Å². The van der Waals surface area contributed by atoms with Crippen molar-refractivity contribution in [3.8, 4) is 0 Å². The van der Waals surface area contributed by atoms with E-state index in [0.29, 0.717) is 6.54 Å². The van der Waals surface area contributed by atoms with Crippen molar-refractivity contribution in [2.45, 2.75) is 25.4 Å². The number of nitrogens with two attached hydrogens (primary N) is 1. The van der Waals surface area contributed by atoms with E-state index in [1.807, 2.05) is 6.92 Å². The number of primary amides is 1. The predicted octanol–water partition coefficient (Wildman–Crippen LogP) is -0.538. The quantitative estimate of drug-likeness (QED) is 0.638. The van der Waals surface area contributed by atoms with E-state index < -0.39 is 30.4 Å². The summed E-state index contributed by atoms with van der Waals surface area (Å²) in [5, 5.41) is 11.2. The van der Waals surface area contributed by atoms with Gasteiger partial charge in [-0.05, 0) is 6.92 Å². The summed E-state index contributed by atoms with van der Waals surface area (Å²) in [5.41, 5.74) is 4.94. The Morgan fingerprint density at radius 2 is 2.22 bits per heavy atom. The Hall–Kier alpha value is -1.44. The van der Waals surface area contributed by atoms with Gasteiger partial charge in [0.05, 0.1) is 6.42 Å². The lowest BCUT2D eigenvalue weighted by Gasteiger charge is -2.33. The zero-order valence-corrected chi connectivity index (χ0v) is 10.9. The number of carbonyl (C=O) groups excluding carboxylic acids is 2. The number of hydrogen-bond donors (Lipinski definition) is 3. The second-order valence-corrected chi connectivity index (χ2v) is 5.28. The molecule has 0 bridgehead atoms. The first kappa shape index (κ1) is 14.6. The van der Waals surface area contributed by atoms with Gasteiger partial charge >= 0.3 is 12.0 Å². The summed E-state index contributed by atoms with van der Waals surface area (Å²) in [5.74, 6) is -0.377. The normalized spacial score (nSPS) is 21.2. The highest BCUT2D eigenvalue weighted by Crippen LogP contribution is 2.16. The average Bonchev–Trinajstić information content (AvgIpc) is 2.27. The monoisotopic (exact) mass is 275 g/mol. The minimum absolute atomic E-state index is 0.0479. The molecule has 0 aliphatic carbocycles. The molecule has 1 saturated heterocycles. The Balaban J connectivity index is 2.59. The molecule has 1 aliphatic rings. The molecule has 18 heavy (non-hydrogen) atoms. The van der Waals surface area contributed by atoms with Crippen molar-refractivity contribution in [1.82, 2.24) is 10.2 Å². The first-order chi connectivity index (χ1) is 8.41. The molecule has 1 heterocycles. The van der Waals surface area contributed by atoms with Crippen molar-refractivity contribution < 1.29 is 19.5 Å². The van der Waals surface area contributed by atoms with Crippen LogP contribution in [-0.4, -0.2) is 58.0 Å². The number of amides is 3. The van der Waals surface area contributed by atoms with E-state index >= 15 is 0 Å². The van der Waals surface area contributed by atoms with Crippen LogP contribution in [0, 0.1) is 0 Å². The fraction of sp³-hybridized carbons (Fsp3) is 0.700. The number of carbonyl (C=O) groups is 3. The molecule has 0 radical (unpaired) electrons. The van der Waals surface area contributed by atoms with Crippen molar-refractivity contribution >= 4 is 29.7 Å². The van der Waals surface area contributed by atoms with Crippen LogP contribution in [0.15, 0.2) is 0 Å². The third kappa shape index (κ3) is 4.10. The molecule has 7 nitrogen and oxygen atoms in total. The SMILES string of the molecule is CC1CSCCN1C(=O)NC(CC(N)=O)C(=O)O. The molecule has 0 aromatic carbocycles. The molecule has 2 atom stereocenters. The third-order valence-corrected chi connectivity index (χ3v) is 3.82. The van der Waals surface area contributed by atoms with Crippen molar-refractivity contribution in [2.24, 2.45) is 5.73 Å². The van der Waals surface area contributed by atoms with Crippen molar-refractivity contribution in [1.29, 1.82) is 0 Å². The number of hydrogen-bond acceptors (Lipinski definition) is 4. The van der Waals surface area contributed by atoms with Crippen molar-refractivity contribution in [3.05, 3.63) is 0 Å². The second-order valence-electron chi connectivity index (χ2n) is 4.13. The highest BCUT2D eigenvalue weighted by atomic mass is 32.2. The van der Waals surface area contributed by atoms with Gasteiger partial charge in [-0.2, -0.15) is 11.8 Å².